The SMILES string of the molecule is CCC1CCCC(NCc2cccc(CO)c2)C1. The quantitative estimate of drug-likeness (QED) is 0.837. The minimum atomic E-state index is 0.134. The second-order valence-electron chi connectivity index (χ2n) is 5.50. The Morgan fingerprint density at radius 2 is 2.11 bits per heavy atom. The van der Waals surface area contributed by atoms with E-state index in [1.807, 2.05) is 12.1 Å². The van der Waals surface area contributed by atoms with E-state index in [1.165, 1.54) is 37.7 Å². The van der Waals surface area contributed by atoms with Crippen molar-refractivity contribution in [2.24, 2.45) is 5.92 Å². The van der Waals surface area contributed by atoms with Crippen molar-refractivity contribution in [2.75, 3.05) is 0 Å². The number of rotatable bonds is 5. The molecule has 1 aromatic rings. The number of aliphatic hydroxyl groups excluding tert-OH is 1. The largest absolute Gasteiger partial charge is 0.392 e. The third kappa shape index (κ3) is 3.82. The van der Waals surface area contributed by atoms with Gasteiger partial charge in [0.05, 0.1) is 6.61 Å². The number of hydrogen-bond donors (Lipinski definition) is 2. The fraction of sp³-hybridized carbons (Fsp3) is 0.625. The summed E-state index contributed by atoms with van der Waals surface area (Å²) >= 11 is 0. The molecule has 0 bridgehead atoms. The van der Waals surface area contributed by atoms with Gasteiger partial charge in [-0.3, -0.25) is 0 Å². The summed E-state index contributed by atoms with van der Waals surface area (Å²) in [6, 6.07) is 8.90. The van der Waals surface area contributed by atoms with Crippen LogP contribution in [-0.4, -0.2) is 11.1 Å². The number of hydrogen-bond acceptors (Lipinski definition) is 2. The molecule has 0 aliphatic heterocycles. The van der Waals surface area contributed by atoms with E-state index in [0.717, 1.165) is 18.0 Å². The summed E-state index contributed by atoms with van der Waals surface area (Å²) in [5.41, 5.74) is 2.28. The highest BCUT2D eigenvalue weighted by atomic mass is 16.3. The van der Waals surface area contributed by atoms with Crippen molar-refractivity contribution >= 4 is 0 Å². The van der Waals surface area contributed by atoms with Crippen molar-refractivity contribution in [1.82, 2.24) is 5.32 Å². The third-order valence-electron chi connectivity index (χ3n) is 4.13. The van der Waals surface area contributed by atoms with E-state index in [4.69, 9.17) is 5.11 Å². The van der Waals surface area contributed by atoms with Crippen molar-refractivity contribution in [1.29, 1.82) is 0 Å². The first kappa shape index (κ1) is 13.6. The fourth-order valence-corrected chi connectivity index (χ4v) is 2.95. The average Bonchev–Trinajstić information content (AvgIpc) is 2.45. The lowest BCUT2D eigenvalue weighted by Gasteiger charge is -2.29. The van der Waals surface area contributed by atoms with Gasteiger partial charge in [-0.15, -0.1) is 0 Å². The van der Waals surface area contributed by atoms with Crippen LogP contribution >= 0.6 is 0 Å². The maximum atomic E-state index is 9.13. The first-order valence-corrected chi connectivity index (χ1v) is 7.24. The number of nitrogens with one attached hydrogen (secondary N) is 1. The second-order valence-corrected chi connectivity index (χ2v) is 5.50. The van der Waals surface area contributed by atoms with Gasteiger partial charge in [0, 0.05) is 12.6 Å². The molecule has 0 aromatic heterocycles. The summed E-state index contributed by atoms with van der Waals surface area (Å²) in [5, 5.41) is 12.8. The molecule has 0 radical (unpaired) electrons. The Hall–Kier alpha value is -0.860. The standard InChI is InChI=1S/C16H25NO/c1-2-13-5-4-8-16(10-13)17-11-14-6-3-7-15(9-14)12-18/h3,6-7,9,13,16-18H,2,4-5,8,10-12H2,1H3. The summed E-state index contributed by atoms with van der Waals surface area (Å²) in [7, 11) is 0. The van der Waals surface area contributed by atoms with Crippen LogP contribution in [0, 0.1) is 5.92 Å². The lowest BCUT2D eigenvalue weighted by molar-refractivity contribution is 0.277. The van der Waals surface area contributed by atoms with Crippen LogP contribution < -0.4 is 5.32 Å². The molecule has 1 saturated carbocycles. The minimum Gasteiger partial charge on any atom is -0.392 e. The Morgan fingerprint density at radius 1 is 1.28 bits per heavy atom. The third-order valence-corrected chi connectivity index (χ3v) is 4.13. The molecule has 1 fully saturated rings. The van der Waals surface area contributed by atoms with Crippen molar-refractivity contribution in [3.8, 4) is 0 Å². The van der Waals surface area contributed by atoms with Crippen LogP contribution in [0.2, 0.25) is 0 Å². The van der Waals surface area contributed by atoms with E-state index in [2.05, 4.69) is 24.4 Å². The molecular weight excluding hydrogens is 222 g/mol. The maximum Gasteiger partial charge on any atom is 0.0681 e. The van der Waals surface area contributed by atoms with Gasteiger partial charge >= 0.3 is 0 Å². The predicted octanol–water partition coefficient (Wildman–Crippen LogP) is 3.24. The van der Waals surface area contributed by atoms with Gasteiger partial charge in [-0.25, -0.2) is 0 Å². The van der Waals surface area contributed by atoms with Crippen molar-refractivity contribution in [2.45, 2.75) is 58.2 Å². The van der Waals surface area contributed by atoms with Gasteiger partial charge in [-0.1, -0.05) is 50.5 Å². The monoisotopic (exact) mass is 247 g/mol. The van der Waals surface area contributed by atoms with Crippen LogP contribution in [-0.2, 0) is 13.2 Å². The van der Waals surface area contributed by atoms with Gasteiger partial charge in [-0.2, -0.15) is 0 Å². The summed E-state index contributed by atoms with van der Waals surface area (Å²) in [6.45, 7) is 3.36. The Labute approximate surface area is 110 Å². The molecule has 1 aliphatic carbocycles. The van der Waals surface area contributed by atoms with Gasteiger partial charge in [0.25, 0.3) is 0 Å². The van der Waals surface area contributed by atoms with E-state index >= 15 is 0 Å². The van der Waals surface area contributed by atoms with E-state index in [0.29, 0.717) is 6.04 Å². The molecule has 2 rings (SSSR count). The Kier molecular flexibility index (Phi) is 5.21. The molecule has 0 amide bonds. The zero-order chi connectivity index (χ0) is 12.8. The zero-order valence-electron chi connectivity index (χ0n) is 11.4. The van der Waals surface area contributed by atoms with Crippen LogP contribution in [0.15, 0.2) is 24.3 Å². The summed E-state index contributed by atoms with van der Waals surface area (Å²) < 4.78 is 0. The number of benzene rings is 1. The van der Waals surface area contributed by atoms with Gasteiger partial charge in [-0.05, 0) is 29.9 Å². The molecule has 1 aromatic carbocycles. The Balaban J connectivity index is 1.83. The molecule has 0 heterocycles. The molecule has 0 spiro atoms. The summed E-state index contributed by atoms with van der Waals surface area (Å²) in [4.78, 5) is 0. The first-order chi connectivity index (χ1) is 8.81. The zero-order valence-corrected chi connectivity index (χ0v) is 11.4. The van der Waals surface area contributed by atoms with Gasteiger partial charge in [0.2, 0.25) is 0 Å². The summed E-state index contributed by atoms with van der Waals surface area (Å²) in [5.74, 6) is 0.917. The first-order valence-electron chi connectivity index (χ1n) is 7.24. The molecule has 2 atom stereocenters. The van der Waals surface area contributed by atoms with Gasteiger partial charge in [0.1, 0.15) is 0 Å². The molecule has 2 unspecified atom stereocenters. The van der Waals surface area contributed by atoms with E-state index in [9.17, 15) is 0 Å². The van der Waals surface area contributed by atoms with Crippen molar-refractivity contribution in [3.05, 3.63) is 35.4 Å². The number of aliphatic hydroxyl groups is 1. The molecule has 100 valence electrons. The predicted molar refractivity (Wildman–Crippen MR) is 75.2 cm³/mol. The van der Waals surface area contributed by atoms with Gasteiger partial charge in [0.15, 0.2) is 0 Å². The average molecular weight is 247 g/mol. The molecule has 1 aliphatic rings. The lowest BCUT2D eigenvalue weighted by atomic mass is 9.84. The van der Waals surface area contributed by atoms with Gasteiger partial charge < -0.3 is 10.4 Å². The fourth-order valence-electron chi connectivity index (χ4n) is 2.95. The molecule has 2 nitrogen and oxygen atoms in total. The van der Waals surface area contributed by atoms with Crippen LogP contribution in [0.5, 0.6) is 0 Å². The van der Waals surface area contributed by atoms with Crippen LogP contribution in [0.4, 0.5) is 0 Å². The van der Waals surface area contributed by atoms with Crippen LogP contribution in [0.25, 0.3) is 0 Å². The van der Waals surface area contributed by atoms with E-state index in [-0.39, 0.29) is 6.61 Å². The van der Waals surface area contributed by atoms with Crippen LogP contribution in [0.1, 0.15) is 50.2 Å². The van der Waals surface area contributed by atoms with E-state index < -0.39 is 0 Å². The highest BCUT2D eigenvalue weighted by molar-refractivity contribution is 5.22. The minimum absolute atomic E-state index is 0.134. The second kappa shape index (κ2) is 6.91. The highest BCUT2D eigenvalue weighted by Gasteiger charge is 2.19. The molecule has 2 N–H and O–H groups in total. The smallest absolute Gasteiger partial charge is 0.0681 e. The molecular formula is C16H25NO. The van der Waals surface area contributed by atoms with Crippen molar-refractivity contribution < 1.29 is 5.11 Å². The lowest BCUT2D eigenvalue weighted by Crippen LogP contribution is -2.33. The normalized spacial score (nSPS) is 24.1. The topological polar surface area (TPSA) is 32.3 Å². The molecule has 18 heavy (non-hydrogen) atoms. The van der Waals surface area contributed by atoms with E-state index in [1.54, 1.807) is 0 Å². The summed E-state index contributed by atoms with van der Waals surface area (Å²) in [6.07, 6.45) is 6.74. The highest BCUT2D eigenvalue weighted by Crippen LogP contribution is 2.26. The Bertz CT molecular complexity index is 364. The molecule has 0 saturated heterocycles. The van der Waals surface area contributed by atoms with Crippen molar-refractivity contribution in [3.63, 3.8) is 0 Å². The van der Waals surface area contributed by atoms with Crippen LogP contribution in [0.3, 0.4) is 0 Å². The maximum absolute atomic E-state index is 9.13. The molecule has 2 heteroatoms. The Morgan fingerprint density at radius 3 is 2.89 bits per heavy atom.